The second-order valence-electron chi connectivity index (χ2n) is 5.48. The lowest BCUT2D eigenvalue weighted by Crippen LogP contribution is -2.50. The minimum Gasteiger partial charge on any atom is -0.351 e. The quantitative estimate of drug-likeness (QED) is 0.869. The highest BCUT2D eigenvalue weighted by atomic mass is 16.2. The lowest BCUT2D eigenvalue weighted by Gasteiger charge is -2.34. The number of carbonyl (C=O) groups is 2. The minimum absolute atomic E-state index is 0.0556. The molecule has 0 unspecified atom stereocenters. The van der Waals surface area contributed by atoms with E-state index in [9.17, 15) is 9.59 Å². The van der Waals surface area contributed by atoms with E-state index in [0.717, 1.165) is 12.8 Å². The highest BCUT2D eigenvalue weighted by Gasteiger charge is 2.25. The molecule has 1 aromatic rings. The summed E-state index contributed by atoms with van der Waals surface area (Å²) in [6, 6.07) is 2.09. The number of nitrogens with one attached hydrogen (secondary N) is 1. The number of nitrogens with zero attached hydrogens (tertiary/aromatic N) is 4. The van der Waals surface area contributed by atoms with Gasteiger partial charge in [-0.2, -0.15) is 0 Å². The largest absolute Gasteiger partial charge is 0.351 e. The van der Waals surface area contributed by atoms with Gasteiger partial charge < -0.3 is 15.1 Å². The summed E-state index contributed by atoms with van der Waals surface area (Å²) >= 11 is 0. The summed E-state index contributed by atoms with van der Waals surface area (Å²) in [5.74, 6) is 0.477. The molecule has 1 saturated heterocycles. The first kappa shape index (κ1) is 13.8. The van der Waals surface area contributed by atoms with Crippen LogP contribution >= 0.6 is 0 Å². The lowest BCUT2D eigenvalue weighted by atomic mass is 10.2. The summed E-state index contributed by atoms with van der Waals surface area (Å²) in [7, 11) is 0. The van der Waals surface area contributed by atoms with Crippen molar-refractivity contribution in [1.29, 1.82) is 0 Å². The predicted molar refractivity (Wildman–Crippen MR) is 76.8 cm³/mol. The third-order valence-corrected chi connectivity index (χ3v) is 3.80. The highest BCUT2D eigenvalue weighted by Crippen LogP contribution is 2.22. The monoisotopic (exact) mass is 289 g/mol. The number of anilines is 1. The first-order chi connectivity index (χ1) is 10.1. The Morgan fingerprint density at radius 2 is 1.86 bits per heavy atom. The van der Waals surface area contributed by atoms with Gasteiger partial charge in [-0.25, -0.2) is 9.97 Å². The molecule has 2 aliphatic rings. The van der Waals surface area contributed by atoms with Crippen LogP contribution in [0.4, 0.5) is 5.95 Å². The number of hydrogen-bond acceptors (Lipinski definition) is 5. The van der Waals surface area contributed by atoms with Gasteiger partial charge in [-0.15, -0.1) is 0 Å². The number of hydrogen-bond donors (Lipinski definition) is 1. The van der Waals surface area contributed by atoms with Gasteiger partial charge in [0.25, 0.3) is 5.91 Å². The zero-order valence-corrected chi connectivity index (χ0v) is 12.1. The smallest absolute Gasteiger partial charge is 0.272 e. The molecule has 1 N–H and O–H groups in total. The van der Waals surface area contributed by atoms with Gasteiger partial charge >= 0.3 is 0 Å². The molecule has 0 spiro atoms. The van der Waals surface area contributed by atoms with Gasteiger partial charge in [-0.1, -0.05) is 0 Å². The van der Waals surface area contributed by atoms with E-state index in [4.69, 9.17) is 0 Å². The number of aromatic nitrogens is 2. The number of amides is 2. The van der Waals surface area contributed by atoms with Gasteiger partial charge in [0.05, 0.1) is 0 Å². The molecule has 0 aromatic carbocycles. The molecule has 1 aromatic heterocycles. The molecule has 0 radical (unpaired) electrons. The summed E-state index contributed by atoms with van der Waals surface area (Å²) in [4.78, 5) is 35.6. The van der Waals surface area contributed by atoms with E-state index in [0.29, 0.717) is 43.9 Å². The normalized spacial score (nSPS) is 18.5. The van der Waals surface area contributed by atoms with Crippen LogP contribution < -0.4 is 5.32 Å². The number of rotatable bonds is 3. The molecule has 3 rings (SSSR count). The fourth-order valence-corrected chi connectivity index (χ4v) is 2.34. The zero-order chi connectivity index (χ0) is 14.8. The number of piperazine rings is 1. The fourth-order valence-electron chi connectivity index (χ4n) is 2.34. The van der Waals surface area contributed by atoms with Crippen molar-refractivity contribution in [3.05, 3.63) is 18.0 Å². The van der Waals surface area contributed by atoms with Crippen LogP contribution in [0.3, 0.4) is 0 Å². The maximum absolute atomic E-state index is 12.4. The van der Waals surface area contributed by atoms with Gasteiger partial charge in [0, 0.05) is 45.3 Å². The van der Waals surface area contributed by atoms with Crippen LogP contribution in [-0.4, -0.2) is 63.8 Å². The average Bonchev–Trinajstić information content (AvgIpc) is 3.31. The molecule has 0 bridgehead atoms. The van der Waals surface area contributed by atoms with Crippen molar-refractivity contribution in [3.8, 4) is 0 Å². The van der Waals surface area contributed by atoms with Crippen molar-refractivity contribution in [1.82, 2.24) is 19.8 Å². The molecule has 2 amide bonds. The SMILES string of the molecule is CC(=O)N1CCN(C(=O)c2ccnc(NC3CC3)n2)CC1. The van der Waals surface area contributed by atoms with Crippen LogP contribution in [0.2, 0.25) is 0 Å². The molecule has 1 aliphatic heterocycles. The van der Waals surface area contributed by atoms with Crippen molar-refractivity contribution in [2.45, 2.75) is 25.8 Å². The molecular formula is C14H19N5O2. The molecular weight excluding hydrogens is 270 g/mol. The second-order valence-corrected chi connectivity index (χ2v) is 5.48. The minimum atomic E-state index is -0.0977. The molecule has 2 heterocycles. The van der Waals surface area contributed by atoms with Crippen LogP contribution in [0.25, 0.3) is 0 Å². The first-order valence-electron chi connectivity index (χ1n) is 7.28. The Kier molecular flexibility index (Phi) is 3.72. The molecule has 21 heavy (non-hydrogen) atoms. The van der Waals surface area contributed by atoms with Crippen LogP contribution in [0.5, 0.6) is 0 Å². The second kappa shape index (κ2) is 5.67. The maximum Gasteiger partial charge on any atom is 0.272 e. The Morgan fingerprint density at radius 1 is 1.19 bits per heavy atom. The van der Waals surface area contributed by atoms with Crippen LogP contribution in [0, 0.1) is 0 Å². The molecule has 7 heteroatoms. The van der Waals surface area contributed by atoms with Crippen LogP contribution in [0.1, 0.15) is 30.3 Å². The van der Waals surface area contributed by atoms with Gasteiger partial charge in [0.15, 0.2) is 0 Å². The van der Waals surface area contributed by atoms with E-state index < -0.39 is 0 Å². The highest BCUT2D eigenvalue weighted by molar-refractivity contribution is 5.92. The lowest BCUT2D eigenvalue weighted by molar-refractivity contribution is -0.130. The summed E-state index contributed by atoms with van der Waals surface area (Å²) in [6.45, 7) is 3.82. The molecule has 1 aliphatic carbocycles. The van der Waals surface area contributed by atoms with E-state index >= 15 is 0 Å². The topological polar surface area (TPSA) is 78.4 Å². The Balaban J connectivity index is 1.63. The van der Waals surface area contributed by atoms with Crippen molar-refractivity contribution in [3.63, 3.8) is 0 Å². The summed E-state index contributed by atoms with van der Waals surface area (Å²) < 4.78 is 0. The zero-order valence-electron chi connectivity index (χ0n) is 12.1. The number of carbonyl (C=O) groups excluding carboxylic acids is 2. The van der Waals surface area contributed by atoms with Gasteiger partial charge in [0.2, 0.25) is 11.9 Å². The van der Waals surface area contributed by atoms with Crippen LogP contribution in [-0.2, 0) is 4.79 Å². The Hall–Kier alpha value is -2.18. The first-order valence-corrected chi connectivity index (χ1v) is 7.28. The van der Waals surface area contributed by atoms with E-state index in [2.05, 4.69) is 15.3 Å². The molecule has 112 valence electrons. The van der Waals surface area contributed by atoms with E-state index in [1.54, 1.807) is 29.0 Å². The van der Waals surface area contributed by atoms with E-state index in [1.165, 1.54) is 0 Å². The third-order valence-electron chi connectivity index (χ3n) is 3.80. The van der Waals surface area contributed by atoms with Gasteiger partial charge in [0.1, 0.15) is 5.69 Å². The van der Waals surface area contributed by atoms with Crippen molar-refractivity contribution < 1.29 is 9.59 Å². The predicted octanol–water partition coefficient (Wildman–Crippen LogP) is 0.355. The summed E-state index contributed by atoms with van der Waals surface area (Å²) in [5.41, 5.74) is 0.407. The van der Waals surface area contributed by atoms with Crippen LogP contribution in [0.15, 0.2) is 12.3 Å². The molecule has 2 fully saturated rings. The maximum atomic E-state index is 12.4. The third kappa shape index (κ3) is 3.29. The Labute approximate surface area is 123 Å². The Bertz CT molecular complexity index is 550. The summed E-state index contributed by atoms with van der Waals surface area (Å²) in [6.07, 6.45) is 3.87. The van der Waals surface area contributed by atoms with Crippen molar-refractivity contribution in [2.75, 3.05) is 31.5 Å². The van der Waals surface area contributed by atoms with Crippen molar-refractivity contribution in [2.24, 2.45) is 0 Å². The van der Waals surface area contributed by atoms with Gasteiger partial charge in [-0.3, -0.25) is 9.59 Å². The van der Waals surface area contributed by atoms with Gasteiger partial charge in [-0.05, 0) is 18.9 Å². The van der Waals surface area contributed by atoms with E-state index in [-0.39, 0.29) is 11.8 Å². The Morgan fingerprint density at radius 3 is 2.48 bits per heavy atom. The fraction of sp³-hybridized carbons (Fsp3) is 0.571. The average molecular weight is 289 g/mol. The molecule has 0 atom stereocenters. The van der Waals surface area contributed by atoms with E-state index in [1.807, 2.05) is 0 Å². The van der Waals surface area contributed by atoms with Crippen molar-refractivity contribution >= 4 is 17.8 Å². The molecule has 1 saturated carbocycles. The summed E-state index contributed by atoms with van der Waals surface area (Å²) in [5, 5.41) is 3.19. The standard InChI is InChI=1S/C14H19N5O2/c1-10(20)18-6-8-19(9-7-18)13(21)12-4-5-15-14(17-12)16-11-2-3-11/h4-5,11H,2-3,6-9H2,1H3,(H,15,16,17). The molecule has 7 nitrogen and oxygen atoms in total.